The minimum atomic E-state index is -1.43. The average Bonchev–Trinajstić information content (AvgIpc) is 3.34. The highest BCUT2D eigenvalue weighted by Crippen LogP contribution is 2.62. The Labute approximate surface area is 324 Å². The summed E-state index contributed by atoms with van der Waals surface area (Å²) in [4.78, 5) is 44.0. The fourth-order valence-electron chi connectivity index (χ4n) is 11.9. The largest absolute Gasteiger partial charge is 0.507 e. The lowest BCUT2D eigenvalue weighted by Gasteiger charge is -2.56. The molecular weight excluding hydrogens is 680 g/mol. The van der Waals surface area contributed by atoms with Crippen molar-refractivity contribution >= 4 is 17.5 Å². The first-order valence-corrected chi connectivity index (χ1v) is 20.9. The van der Waals surface area contributed by atoms with Crippen LogP contribution in [0.1, 0.15) is 134 Å². The molecule has 1 fully saturated rings. The van der Waals surface area contributed by atoms with E-state index in [2.05, 4.69) is 66.7 Å². The number of ether oxygens (including phenoxy) is 2. The molecule has 0 aromatic heterocycles. The third-order valence-corrected chi connectivity index (χ3v) is 14.6. The maximum absolute atomic E-state index is 15.9. The number of esters is 1. The number of ketones is 2. The Bertz CT molecular complexity index is 1610. The summed E-state index contributed by atoms with van der Waals surface area (Å²) >= 11 is 0. The second kappa shape index (κ2) is 15.4. The number of aliphatic hydroxyl groups is 3. The van der Waals surface area contributed by atoms with Gasteiger partial charge in [0.15, 0.2) is 17.1 Å². The van der Waals surface area contributed by atoms with Crippen LogP contribution >= 0.6 is 0 Å². The van der Waals surface area contributed by atoms with Gasteiger partial charge in [0.1, 0.15) is 11.4 Å². The van der Waals surface area contributed by atoms with Crippen LogP contribution in [-0.2, 0) is 23.9 Å². The number of hydrogen-bond acceptors (Lipinski definition) is 8. The van der Waals surface area contributed by atoms with Crippen molar-refractivity contribution in [2.24, 2.45) is 58.2 Å². The Morgan fingerprint density at radius 2 is 1.67 bits per heavy atom. The summed E-state index contributed by atoms with van der Waals surface area (Å²) in [6, 6.07) is 0. The Morgan fingerprint density at radius 3 is 2.26 bits per heavy atom. The maximum Gasteiger partial charge on any atom is 0.346 e. The van der Waals surface area contributed by atoms with Crippen LogP contribution in [0.25, 0.3) is 0 Å². The summed E-state index contributed by atoms with van der Waals surface area (Å²) in [5.74, 6) is -3.92. The van der Waals surface area contributed by atoms with Gasteiger partial charge in [-0.05, 0) is 90.4 Å². The number of carbonyl (C=O) groups excluding carboxylic acids is 3. The van der Waals surface area contributed by atoms with Crippen molar-refractivity contribution in [2.75, 3.05) is 6.61 Å². The Morgan fingerprint density at radius 1 is 1.00 bits per heavy atom. The molecule has 0 saturated heterocycles. The molecule has 1 heterocycles. The zero-order valence-electron chi connectivity index (χ0n) is 35.3. The Hall–Kier alpha value is -2.55. The lowest BCUT2D eigenvalue weighted by Crippen LogP contribution is -2.59. The van der Waals surface area contributed by atoms with E-state index in [4.69, 9.17) is 9.47 Å². The van der Waals surface area contributed by atoms with Crippen molar-refractivity contribution in [2.45, 2.75) is 158 Å². The summed E-state index contributed by atoms with van der Waals surface area (Å²) < 4.78 is 13.3. The highest BCUT2D eigenvalue weighted by molar-refractivity contribution is 6.22. The van der Waals surface area contributed by atoms with Gasteiger partial charge in [0.25, 0.3) is 0 Å². The van der Waals surface area contributed by atoms with Gasteiger partial charge in [-0.25, -0.2) is 4.79 Å². The van der Waals surface area contributed by atoms with Crippen LogP contribution in [-0.4, -0.2) is 62.9 Å². The van der Waals surface area contributed by atoms with Crippen LogP contribution in [0, 0.1) is 58.2 Å². The van der Waals surface area contributed by atoms with Gasteiger partial charge in [0, 0.05) is 54.0 Å². The topological polar surface area (TPSA) is 130 Å². The van der Waals surface area contributed by atoms with Gasteiger partial charge in [-0.1, -0.05) is 89.8 Å². The molecule has 2 bridgehead atoms. The smallest absolute Gasteiger partial charge is 0.346 e. The number of fused-ring (bicyclic) bond motifs is 3. The van der Waals surface area contributed by atoms with E-state index in [1.54, 1.807) is 0 Å². The summed E-state index contributed by atoms with van der Waals surface area (Å²) in [7, 11) is 0. The lowest BCUT2D eigenvalue weighted by molar-refractivity contribution is -0.163. The molecule has 13 atom stereocenters. The third-order valence-electron chi connectivity index (χ3n) is 14.6. The molecule has 1 aliphatic heterocycles. The van der Waals surface area contributed by atoms with E-state index in [0.717, 1.165) is 29.6 Å². The molecule has 5 aliphatic rings. The predicted molar refractivity (Wildman–Crippen MR) is 211 cm³/mol. The van der Waals surface area contributed by atoms with Crippen LogP contribution in [0.3, 0.4) is 0 Å². The molecule has 1 saturated carbocycles. The first-order valence-electron chi connectivity index (χ1n) is 20.9. The van der Waals surface area contributed by atoms with Crippen molar-refractivity contribution in [3.8, 4) is 0 Å². The summed E-state index contributed by atoms with van der Waals surface area (Å²) in [6.45, 7) is 24.6. The van der Waals surface area contributed by atoms with Gasteiger partial charge >= 0.3 is 5.97 Å². The fraction of sp³-hybridized carbons (Fsp3) is 0.761. The molecule has 1 spiro atoms. The van der Waals surface area contributed by atoms with Gasteiger partial charge in [0.2, 0.25) is 0 Å². The Kier molecular flexibility index (Phi) is 12.2. The standard InChI is InChI=1S/C46H70O8/c1-13-32-20-31(24-47)18-27(5)39(53-43(9,10)11)25(3)16-15-17-44(12)22-28(6)29(7)23-46(44)41(51)36(42(52)54-46)40(50)45(14-2)37(32)26(4)19-33-35(49)21-34(48)30(8)38(33)45/h19-20,22,25,27,29-31,33,35,37-39,47,49,51H,13-18,21,23-24H2,1-12H3/b32-20+/t25?,27-,29-,30?,31-,33-,35?,37+,38?,39-,44-,45?,46?/m1/s1. The van der Waals surface area contributed by atoms with Gasteiger partial charge in [-0.15, -0.1) is 0 Å². The zero-order valence-corrected chi connectivity index (χ0v) is 35.3. The fourth-order valence-corrected chi connectivity index (χ4v) is 11.9. The second-order valence-corrected chi connectivity index (χ2v) is 19.4. The first-order chi connectivity index (χ1) is 25.1. The number of allylic oxidation sites excluding steroid dienone is 3. The zero-order chi connectivity index (χ0) is 40.3. The van der Waals surface area contributed by atoms with Crippen molar-refractivity contribution < 1.29 is 39.2 Å². The molecule has 8 heteroatoms. The van der Waals surface area contributed by atoms with Crippen LogP contribution in [0.5, 0.6) is 0 Å². The summed E-state index contributed by atoms with van der Waals surface area (Å²) in [6.07, 6.45) is 9.37. The SMILES string of the molecule is CC/C1=C\[C@H](CO)C[C@@H](C)[C@H](OC(C)(C)C)C(C)CCC[C@]2(C)C=C(C)[C@H](C)CC23OC(=O)C(=C3O)C(=O)C2(CC)C3C(C)C(=O)CC(O)[C@H]3C=C(C)[C@@H]12. The Balaban J connectivity index is 1.83. The van der Waals surface area contributed by atoms with E-state index < -0.39 is 58.0 Å². The number of hydrogen-bond donors (Lipinski definition) is 3. The van der Waals surface area contributed by atoms with Crippen LogP contribution in [0.4, 0.5) is 0 Å². The number of aliphatic hydroxyl groups excluding tert-OH is 3. The molecule has 0 aromatic rings. The van der Waals surface area contributed by atoms with Crippen molar-refractivity contribution in [3.63, 3.8) is 0 Å². The second-order valence-electron chi connectivity index (χ2n) is 19.4. The molecule has 54 heavy (non-hydrogen) atoms. The molecule has 6 unspecified atom stereocenters. The minimum Gasteiger partial charge on any atom is -0.507 e. The molecule has 8 nitrogen and oxygen atoms in total. The number of carbonyl (C=O) groups is 3. The minimum absolute atomic E-state index is 0.00294. The van der Waals surface area contributed by atoms with Crippen LogP contribution < -0.4 is 0 Å². The van der Waals surface area contributed by atoms with E-state index in [1.165, 1.54) is 0 Å². The van der Waals surface area contributed by atoms with E-state index in [1.807, 2.05) is 34.6 Å². The average molecular weight is 751 g/mol. The van der Waals surface area contributed by atoms with Gasteiger partial charge in [-0.2, -0.15) is 0 Å². The van der Waals surface area contributed by atoms with Crippen molar-refractivity contribution in [1.82, 2.24) is 0 Å². The van der Waals surface area contributed by atoms with Crippen molar-refractivity contribution in [1.29, 1.82) is 0 Å². The van der Waals surface area contributed by atoms with Gasteiger partial charge in [0.05, 0.1) is 17.8 Å². The molecule has 0 radical (unpaired) electrons. The molecule has 5 rings (SSSR count). The molecular formula is C46H70O8. The third kappa shape index (κ3) is 7.04. The number of rotatable bonds is 4. The summed E-state index contributed by atoms with van der Waals surface area (Å²) in [5, 5.41) is 35.1. The highest BCUT2D eigenvalue weighted by Gasteiger charge is 2.67. The van der Waals surface area contributed by atoms with Crippen molar-refractivity contribution in [3.05, 3.63) is 46.3 Å². The normalized spacial score (nSPS) is 43.5. The first kappa shape index (κ1) is 42.6. The lowest BCUT2D eigenvalue weighted by atomic mass is 9.46. The molecule has 4 aliphatic carbocycles. The molecule has 302 valence electrons. The summed E-state index contributed by atoms with van der Waals surface area (Å²) in [5.41, 5.74) is -1.27. The van der Waals surface area contributed by atoms with Gasteiger partial charge < -0.3 is 24.8 Å². The highest BCUT2D eigenvalue weighted by atomic mass is 16.6. The quantitative estimate of drug-likeness (QED) is 0.148. The number of Topliss-reactive ketones (excluding diaryl/α,β-unsaturated/α-hetero) is 2. The van der Waals surface area contributed by atoms with Crippen LogP contribution in [0.2, 0.25) is 0 Å². The monoisotopic (exact) mass is 751 g/mol. The van der Waals surface area contributed by atoms with Gasteiger partial charge in [-0.3, -0.25) is 9.59 Å². The molecule has 0 aromatic carbocycles. The maximum atomic E-state index is 15.9. The van der Waals surface area contributed by atoms with E-state index in [9.17, 15) is 24.9 Å². The molecule has 3 N–H and O–H groups in total. The predicted octanol–water partition coefficient (Wildman–Crippen LogP) is 8.81. The van der Waals surface area contributed by atoms with E-state index >= 15 is 4.79 Å². The van der Waals surface area contributed by atoms with E-state index in [-0.39, 0.29) is 71.9 Å². The van der Waals surface area contributed by atoms with Crippen LogP contribution in [0.15, 0.2) is 46.3 Å². The molecule has 0 amide bonds. The van der Waals surface area contributed by atoms with E-state index in [0.29, 0.717) is 25.7 Å².